The number of pyridine rings is 1. The van der Waals surface area contributed by atoms with Crippen molar-refractivity contribution in [3.8, 4) is 0 Å². The van der Waals surface area contributed by atoms with Crippen LogP contribution in [-0.2, 0) is 19.9 Å². The van der Waals surface area contributed by atoms with Crippen LogP contribution >= 0.6 is 0 Å². The predicted octanol–water partition coefficient (Wildman–Crippen LogP) is 1.35. The first-order chi connectivity index (χ1) is 8.25. The number of imidazole rings is 1. The van der Waals surface area contributed by atoms with Crippen molar-refractivity contribution in [3.05, 3.63) is 48.3 Å². The van der Waals surface area contributed by atoms with Crippen molar-refractivity contribution < 1.29 is 5.11 Å². The highest BCUT2D eigenvalue weighted by molar-refractivity contribution is 5.08. The largest absolute Gasteiger partial charge is 0.393 e. The molecule has 2 rings (SSSR count). The van der Waals surface area contributed by atoms with Crippen molar-refractivity contribution in [2.24, 2.45) is 7.05 Å². The first kappa shape index (κ1) is 11.8. The lowest BCUT2D eigenvalue weighted by molar-refractivity contribution is 0.162. The summed E-state index contributed by atoms with van der Waals surface area (Å²) in [6.45, 7) is 0. The third kappa shape index (κ3) is 3.39. The summed E-state index contributed by atoms with van der Waals surface area (Å²) < 4.78 is 1.94. The Bertz CT molecular complexity index is 453. The maximum absolute atomic E-state index is 9.93. The molecule has 90 valence electrons. The van der Waals surface area contributed by atoms with Gasteiger partial charge in [-0.2, -0.15) is 0 Å². The molecule has 0 spiro atoms. The highest BCUT2D eigenvalue weighted by Gasteiger charge is 2.09. The third-order valence-corrected chi connectivity index (χ3v) is 2.83. The molecular formula is C13H17N3O. The Morgan fingerprint density at radius 3 is 2.94 bits per heavy atom. The Hall–Kier alpha value is -1.68. The molecule has 0 amide bonds. The van der Waals surface area contributed by atoms with Crippen LogP contribution in [-0.4, -0.2) is 25.7 Å². The molecule has 2 aromatic heterocycles. The molecule has 4 heteroatoms. The summed E-state index contributed by atoms with van der Waals surface area (Å²) in [4.78, 5) is 8.26. The van der Waals surface area contributed by atoms with Crippen molar-refractivity contribution in [2.75, 3.05) is 0 Å². The zero-order chi connectivity index (χ0) is 12.1. The first-order valence-corrected chi connectivity index (χ1v) is 5.79. The molecule has 2 heterocycles. The monoisotopic (exact) mass is 231 g/mol. The number of hydrogen-bond donors (Lipinski definition) is 1. The van der Waals surface area contributed by atoms with Crippen molar-refractivity contribution in [1.82, 2.24) is 14.5 Å². The summed E-state index contributed by atoms with van der Waals surface area (Å²) in [5.74, 6) is 0.920. The summed E-state index contributed by atoms with van der Waals surface area (Å²) in [5, 5.41) is 9.93. The van der Waals surface area contributed by atoms with Crippen LogP contribution < -0.4 is 0 Å². The van der Waals surface area contributed by atoms with E-state index in [-0.39, 0.29) is 6.10 Å². The van der Waals surface area contributed by atoms with Crippen LogP contribution in [0.1, 0.15) is 17.8 Å². The topological polar surface area (TPSA) is 50.9 Å². The van der Waals surface area contributed by atoms with E-state index in [0.29, 0.717) is 6.42 Å². The average molecular weight is 231 g/mol. The van der Waals surface area contributed by atoms with Crippen LogP contribution in [0.4, 0.5) is 0 Å². The van der Waals surface area contributed by atoms with Gasteiger partial charge in [0.25, 0.3) is 0 Å². The van der Waals surface area contributed by atoms with E-state index in [1.54, 1.807) is 12.4 Å². The summed E-state index contributed by atoms with van der Waals surface area (Å²) in [6, 6.07) is 3.95. The Balaban J connectivity index is 1.82. The van der Waals surface area contributed by atoms with Crippen LogP contribution in [0.25, 0.3) is 0 Å². The molecule has 4 nitrogen and oxygen atoms in total. The van der Waals surface area contributed by atoms with Gasteiger partial charge in [-0.3, -0.25) is 4.98 Å². The van der Waals surface area contributed by atoms with E-state index in [0.717, 1.165) is 24.2 Å². The number of hydrogen-bond acceptors (Lipinski definition) is 3. The average Bonchev–Trinajstić information content (AvgIpc) is 2.74. The zero-order valence-electron chi connectivity index (χ0n) is 9.95. The highest BCUT2D eigenvalue weighted by atomic mass is 16.3. The molecule has 0 aliphatic carbocycles. The number of rotatable bonds is 5. The number of aliphatic hydroxyl groups is 1. The first-order valence-electron chi connectivity index (χ1n) is 5.79. The predicted molar refractivity (Wildman–Crippen MR) is 65.5 cm³/mol. The lowest BCUT2D eigenvalue weighted by Crippen LogP contribution is -2.14. The van der Waals surface area contributed by atoms with Crippen molar-refractivity contribution in [2.45, 2.75) is 25.4 Å². The maximum atomic E-state index is 9.93. The van der Waals surface area contributed by atoms with Crippen LogP contribution in [0.15, 0.2) is 36.9 Å². The van der Waals surface area contributed by atoms with Gasteiger partial charge in [0.05, 0.1) is 6.10 Å². The maximum Gasteiger partial charge on any atom is 0.110 e. The molecule has 0 saturated carbocycles. The van der Waals surface area contributed by atoms with Crippen LogP contribution in [0, 0.1) is 0 Å². The number of nitrogens with zero attached hydrogens (tertiary/aromatic N) is 3. The lowest BCUT2D eigenvalue weighted by atomic mass is 10.1. The van der Waals surface area contributed by atoms with E-state index >= 15 is 0 Å². The van der Waals surface area contributed by atoms with Gasteiger partial charge in [-0.05, 0) is 24.5 Å². The minimum absolute atomic E-state index is 0.351. The van der Waals surface area contributed by atoms with Gasteiger partial charge in [-0.1, -0.05) is 6.07 Å². The molecule has 0 aliphatic rings. The minimum Gasteiger partial charge on any atom is -0.393 e. The van der Waals surface area contributed by atoms with Crippen molar-refractivity contribution >= 4 is 0 Å². The van der Waals surface area contributed by atoms with Crippen LogP contribution in [0.5, 0.6) is 0 Å². The molecule has 1 atom stereocenters. The van der Waals surface area contributed by atoms with Gasteiger partial charge in [0.15, 0.2) is 0 Å². The van der Waals surface area contributed by atoms with Gasteiger partial charge < -0.3 is 9.67 Å². The molecule has 0 radical (unpaired) electrons. The molecule has 2 aromatic rings. The van der Waals surface area contributed by atoms with E-state index < -0.39 is 0 Å². The normalized spacial score (nSPS) is 12.6. The smallest absolute Gasteiger partial charge is 0.110 e. The lowest BCUT2D eigenvalue weighted by Gasteiger charge is -2.10. The molecule has 17 heavy (non-hydrogen) atoms. The van der Waals surface area contributed by atoms with Gasteiger partial charge in [-0.25, -0.2) is 4.98 Å². The van der Waals surface area contributed by atoms with Gasteiger partial charge in [0.1, 0.15) is 5.82 Å². The van der Waals surface area contributed by atoms with Crippen LogP contribution in [0.3, 0.4) is 0 Å². The molecule has 1 unspecified atom stereocenters. The van der Waals surface area contributed by atoms with Crippen molar-refractivity contribution in [3.63, 3.8) is 0 Å². The fraction of sp³-hybridized carbons (Fsp3) is 0.385. The van der Waals surface area contributed by atoms with Gasteiger partial charge in [0, 0.05) is 38.3 Å². The molecule has 1 N–H and O–H groups in total. The summed E-state index contributed by atoms with van der Waals surface area (Å²) >= 11 is 0. The molecule has 0 aliphatic heterocycles. The fourth-order valence-electron chi connectivity index (χ4n) is 1.79. The van der Waals surface area contributed by atoms with Gasteiger partial charge >= 0.3 is 0 Å². The summed E-state index contributed by atoms with van der Waals surface area (Å²) in [7, 11) is 1.94. The zero-order valence-corrected chi connectivity index (χ0v) is 9.95. The highest BCUT2D eigenvalue weighted by Crippen LogP contribution is 2.07. The molecular weight excluding hydrogens is 214 g/mol. The fourth-order valence-corrected chi connectivity index (χ4v) is 1.79. The summed E-state index contributed by atoms with van der Waals surface area (Å²) in [5.41, 5.74) is 1.16. The second kappa shape index (κ2) is 5.59. The molecule has 0 saturated heterocycles. The second-order valence-corrected chi connectivity index (χ2v) is 4.21. The molecule has 0 bridgehead atoms. The molecule has 0 aromatic carbocycles. The SMILES string of the molecule is Cn1ccnc1CC(O)CCc1cccnc1. The quantitative estimate of drug-likeness (QED) is 0.845. The van der Waals surface area contributed by atoms with E-state index in [9.17, 15) is 5.11 Å². The van der Waals surface area contributed by atoms with Gasteiger partial charge in [0.2, 0.25) is 0 Å². The van der Waals surface area contributed by atoms with E-state index in [4.69, 9.17) is 0 Å². The van der Waals surface area contributed by atoms with Crippen molar-refractivity contribution in [1.29, 1.82) is 0 Å². The second-order valence-electron chi connectivity index (χ2n) is 4.21. The minimum atomic E-state index is -0.351. The molecule has 0 fully saturated rings. The van der Waals surface area contributed by atoms with E-state index in [1.807, 2.05) is 36.1 Å². The Morgan fingerprint density at radius 2 is 2.29 bits per heavy atom. The Labute approximate surface area is 101 Å². The van der Waals surface area contributed by atoms with E-state index in [2.05, 4.69) is 9.97 Å². The van der Waals surface area contributed by atoms with E-state index in [1.165, 1.54) is 0 Å². The Morgan fingerprint density at radius 1 is 1.41 bits per heavy atom. The van der Waals surface area contributed by atoms with Crippen LogP contribution in [0.2, 0.25) is 0 Å². The summed E-state index contributed by atoms with van der Waals surface area (Å²) in [6.07, 6.45) is 9.08. The standard InChI is InChI=1S/C13H17N3O/c1-16-8-7-15-13(16)9-12(17)5-4-11-3-2-6-14-10-11/h2-3,6-8,10,12,17H,4-5,9H2,1H3. The number of aliphatic hydroxyl groups excluding tert-OH is 1. The number of aryl methyl sites for hydroxylation is 2. The third-order valence-electron chi connectivity index (χ3n) is 2.83. The number of aromatic nitrogens is 3. The van der Waals surface area contributed by atoms with Gasteiger partial charge in [-0.15, -0.1) is 0 Å². The Kier molecular flexibility index (Phi) is 3.88.